The van der Waals surface area contributed by atoms with Crippen LogP contribution in [0, 0.1) is 0 Å². The summed E-state index contributed by atoms with van der Waals surface area (Å²) in [4.78, 5) is 0. The SMILES string of the molecule is OC[C@H]1O[C@@H](c2cccc(Cc3ccc4cccc-4cc3)c2)[C@H](O)[C@@H](O)[C@@H]1O. The monoisotopic (exact) mass is 380 g/mol. The number of aliphatic hydroxyl groups is 4. The molecule has 0 spiro atoms. The summed E-state index contributed by atoms with van der Waals surface area (Å²) in [6.45, 7) is -0.433. The van der Waals surface area contributed by atoms with Crippen LogP contribution in [0.2, 0.25) is 0 Å². The largest absolute Gasteiger partial charge is 0.394 e. The molecule has 1 aliphatic heterocycles. The molecular formula is C23H24O5. The fourth-order valence-electron chi connectivity index (χ4n) is 3.81. The third-order valence-electron chi connectivity index (χ3n) is 5.42. The van der Waals surface area contributed by atoms with Gasteiger partial charge in [0.15, 0.2) is 0 Å². The van der Waals surface area contributed by atoms with Crippen LogP contribution in [0.25, 0.3) is 11.1 Å². The summed E-state index contributed by atoms with van der Waals surface area (Å²) >= 11 is 0. The molecule has 3 aliphatic rings. The van der Waals surface area contributed by atoms with E-state index in [9.17, 15) is 20.4 Å². The van der Waals surface area contributed by atoms with E-state index in [1.54, 1.807) is 0 Å². The lowest BCUT2D eigenvalue weighted by Gasteiger charge is -2.40. The first-order valence-corrected chi connectivity index (χ1v) is 9.44. The van der Waals surface area contributed by atoms with Crippen molar-refractivity contribution in [3.8, 4) is 11.1 Å². The second-order valence-corrected chi connectivity index (χ2v) is 7.35. The second kappa shape index (κ2) is 7.99. The van der Waals surface area contributed by atoms with Gasteiger partial charge in [0.25, 0.3) is 0 Å². The molecule has 1 fully saturated rings. The molecule has 0 saturated carbocycles. The molecule has 5 heteroatoms. The second-order valence-electron chi connectivity index (χ2n) is 7.35. The maximum Gasteiger partial charge on any atom is 0.113 e. The average molecular weight is 380 g/mol. The number of hydrogen-bond donors (Lipinski definition) is 4. The van der Waals surface area contributed by atoms with E-state index >= 15 is 0 Å². The Morgan fingerprint density at radius 3 is 2.07 bits per heavy atom. The zero-order valence-corrected chi connectivity index (χ0v) is 15.3. The highest BCUT2D eigenvalue weighted by molar-refractivity contribution is 5.65. The van der Waals surface area contributed by atoms with E-state index in [2.05, 4.69) is 36.4 Å². The summed E-state index contributed by atoms with van der Waals surface area (Å²) < 4.78 is 5.67. The topological polar surface area (TPSA) is 90.2 Å². The van der Waals surface area contributed by atoms with E-state index in [1.165, 1.54) is 11.1 Å². The summed E-state index contributed by atoms with van der Waals surface area (Å²) in [5, 5.41) is 39.8. The zero-order chi connectivity index (χ0) is 19.7. The molecule has 146 valence electrons. The lowest BCUT2D eigenvalue weighted by atomic mass is 9.90. The van der Waals surface area contributed by atoms with E-state index in [4.69, 9.17) is 4.74 Å². The number of hydrogen-bond acceptors (Lipinski definition) is 5. The van der Waals surface area contributed by atoms with Gasteiger partial charge in [-0.15, -0.1) is 0 Å². The van der Waals surface area contributed by atoms with E-state index < -0.39 is 37.1 Å². The Hall–Kier alpha value is -2.28. The van der Waals surface area contributed by atoms with Gasteiger partial charge in [-0.05, 0) is 34.2 Å². The molecule has 4 rings (SSSR count). The molecule has 0 radical (unpaired) electrons. The molecule has 5 atom stereocenters. The smallest absolute Gasteiger partial charge is 0.113 e. The first-order valence-electron chi connectivity index (χ1n) is 9.44. The molecule has 1 heterocycles. The number of aliphatic hydroxyl groups excluding tert-OH is 4. The minimum atomic E-state index is -1.38. The van der Waals surface area contributed by atoms with Gasteiger partial charge >= 0.3 is 0 Å². The molecule has 0 amide bonds. The normalized spacial score (nSPS) is 27.8. The highest BCUT2D eigenvalue weighted by Gasteiger charge is 2.43. The molecular weight excluding hydrogens is 356 g/mol. The fourth-order valence-corrected chi connectivity index (χ4v) is 3.81. The minimum Gasteiger partial charge on any atom is -0.394 e. The van der Waals surface area contributed by atoms with Crippen LogP contribution >= 0.6 is 0 Å². The molecule has 0 bridgehead atoms. The number of ether oxygens (including phenoxy) is 1. The van der Waals surface area contributed by atoms with E-state index in [0.29, 0.717) is 12.0 Å². The van der Waals surface area contributed by atoms with Gasteiger partial charge in [-0.1, -0.05) is 66.7 Å². The summed E-state index contributed by atoms with van der Waals surface area (Å²) in [6, 6.07) is 22.2. The van der Waals surface area contributed by atoms with Crippen molar-refractivity contribution in [2.24, 2.45) is 0 Å². The maximum absolute atomic E-state index is 10.4. The first kappa shape index (κ1) is 19.1. The Morgan fingerprint density at radius 2 is 1.39 bits per heavy atom. The standard InChI is InChI=1S/C23H24O5/c24-13-19-20(25)21(26)22(27)23(28-19)18-6-1-3-15(12-18)11-14-7-9-16-4-2-5-17(16)10-8-14/h1-10,12,19-27H,11,13H2/t19-,20-,21+,22-,23+/m1/s1. The number of fused-ring (bicyclic) bond motifs is 1. The van der Waals surface area contributed by atoms with Crippen molar-refractivity contribution < 1.29 is 25.2 Å². The third-order valence-corrected chi connectivity index (χ3v) is 5.42. The van der Waals surface area contributed by atoms with E-state index in [-0.39, 0.29) is 0 Å². The third kappa shape index (κ3) is 3.68. The van der Waals surface area contributed by atoms with Gasteiger partial charge in [-0.3, -0.25) is 0 Å². The Morgan fingerprint density at radius 1 is 0.714 bits per heavy atom. The van der Waals surface area contributed by atoms with Crippen LogP contribution in [0.5, 0.6) is 0 Å². The zero-order valence-electron chi connectivity index (χ0n) is 15.3. The van der Waals surface area contributed by atoms with E-state index in [1.807, 2.05) is 30.3 Å². The first-order chi connectivity index (χ1) is 13.6. The van der Waals surface area contributed by atoms with Gasteiger partial charge in [0.1, 0.15) is 30.5 Å². The van der Waals surface area contributed by atoms with Crippen molar-refractivity contribution in [2.75, 3.05) is 6.61 Å². The van der Waals surface area contributed by atoms with Gasteiger partial charge in [0, 0.05) is 0 Å². The fraction of sp³-hybridized carbons (Fsp3) is 0.304. The summed E-state index contributed by atoms with van der Waals surface area (Å²) in [7, 11) is 0. The maximum atomic E-state index is 10.4. The van der Waals surface area contributed by atoms with Crippen molar-refractivity contribution in [2.45, 2.75) is 36.9 Å². The molecule has 2 aliphatic carbocycles. The predicted octanol–water partition coefficient (Wildman–Crippen LogP) is 1.90. The van der Waals surface area contributed by atoms with Crippen LogP contribution in [-0.2, 0) is 11.2 Å². The van der Waals surface area contributed by atoms with Crippen LogP contribution in [0.1, 0.15) is 22.8 Å². The predicted molar refractivity (Wildman–Crippen MR) is 105 cm³/mol. The number of rotatable bonds is 4. The summed E-state index contributed by atoms with van der Waals surface area (Å²) in [6.07, 6.45) is -5.01. The van der Waals surface area contributed by atoms with Crippen LogP contribution in [0.4, 0.5) is 0 Å². The molecule has 5 nitrogen and oxygen atoms in total. The molecule has 28 heavy (non-hydrogen) atoms. The highest BCUT2D eigenvalue weighted by Crippen LogP contribution is 2.33. The van der Waals surface area contributed by atoms with Crippen molar-refractivity contribution in [3.63, 3.8) is 0 Å². The molecule has 1 saturated heterocycles. The van der Waals surface area contributed by atoms with E-state index in [0.717, 1.165) is 11.1 Å². The van der Waals surface area contributed by atoms with Crippen LogP contribution in [0.15, 0.2) is 66.7 Å². The average Bonchev–Trinajstić information content (AvgIpc) is 3.08. The summed E-state index contributed by atoms with van der Waals surface area (Å²) in [5.74, 6) is 0. The Balaban J connectivity index is 1.58. The minimum absolute atomic E-state index is 0.433. The highest BCUT2D eigenvalue weighted by atomic mass is 16.5. The lowest BCUT2D eigenvalue weighted by molar-refractivity contribution is -0.231. The van der Waals surface area contributed by atoms with Gasteiger partial charge < -0.3 is 25.2 Å². The molecule has 0 aromatic heterocycles. The van der Waals surface area contributed by atoms with Gasteiger partial charge in [-0.25, -0.2) is 0 Å². The van der Waals surface area contributed by atoms with Crippen molar-refractivity contribution in [1.82, 2.24) is 0 Å². The Kier molecular flexibility index (Phi) is 5.44. The Labute approximate surface area is 163 Å². The van der Waals surface area contributed by atoms with Gasteiger partial charge in [0.2, 0.25) is 0 Å². The van der Waals surface area contributed by atoms with Gasteiger partial charge in [-0.2, -0.15) is 0 Å². The molecule has 0 unspecified atom stereocenters. The molecule has 4 N–H and O–H groups in total. The lowest BCUT2D eigenvalue weighted by Crippen LogP contribution is -2.55. The quantitative estimate of drug-likeness (QED) is 0.555. The molecule has 1 aromatic rings. The number of benzene rings is 1. The van der Waals surface area contributed by atoms with Gasteiger partial charge in [0.05, 0.1) is 6.61 Å². The van der Waals surface area contributed by atoms with Crippen LogP contribution < -0.4 is 0 Å². The van der Waals surface area contributed by atoms with Crippen LogP contribution in [0.3, 0.4) is 0 Å². The van der Waals surface area contributed by atoms with Crippen molar-refractivity contribution in [3.05, 3.63) is 83.4 Å². The van der Waals surface area contributed by atoms with Crippen molar-refractivity contribution in [1.29, 1.82) is 0 Å². The van der Waals surface area contributed by atoms with Crippen molar-refractivity contribution >= 4 is 0 Å². The van der Waals surface area contributed by atoms with Crippen LogP contribution in [-0.4, -0.2) is 51.4 Å². The molecule has 1 aromatic carbocycles. The Bertz CT molecular complexity index is 878. The summed E-state index contributed by atoms with van der Waals surface area (Å²) in [5.41, 5.74) is 5.29.